The van der Waals surface area contributed by atoms with Gasteiger partial charge in [-0.3, -0.25) is 14.9 Å². The summed E-state index contributed by atoms with van der Waals surface area (Å²) in [5.74, 6) is 0. The molecule has 1 aromatic carbocycles. The molecule has 0 atom stereocenters. The molecule has 0 fully saturated rings. The number of nitro benzene ring substituents is 1. The van der Waals surface area contributed by atoms with E-state index < -0.39 is 4.92 Å². The molecule has 0 aliphatic heterocycles. The molecule has 14 heavy (non-hydrogen) atoms. The molecular formula is C8H7BrN2O3. The van der Waals surface area contributed by atoms with Crippen molar-refractivity contribution >= 4 is 33.7 Å². The molecule has 1 aromatic rings. The van der Waals surface area contributed by atoms with E-state index in [0.717, 1.165) is 0 Å². The molecule has 0 aromatic heterocycles. The Hall–Kier alpha value is -1.43. The molecule has 1 rings (SSSR count). The number of nitro groups is 1. The first-order chi connectivity index (χ1) is 6.70. The normalized spacial score (nSPS) is 9.50. The van der Waals surface area contributed by atoms with Gasteiger partial charge in [-0.2, -0.15) is 0 Å². The summed E-state index contributed by atoms with van der Waals surface area (Å²) in [6.45, 7) is 0. The molecule has 0 bridgehead atoms. The van der Waals surface area contributed by atoms with Gasteiger partial charge in [0.15, 0.2) is 0 Å². The Balaban J connectivity index is 3.24. The molecule has 0 unspecified atom stereocenters. The first kappa shape index (κ1) is 10.6. The fraction of sp³-hybridized carbons (Fsp3) is 0.125. The van der Waals surface area contributed by atoms with E-state index in [2.05, 4.69) is 21.2 Å². The van der Waals surface area contributed by atoms with Crippen LogP contribution in [0.3, 0.4) is 0 Å². The second-order valence-corrected chi connectivity index (χ2v) is 3.02. The number of hydrogen-bond acceptors (Lipinski definition) is 3. The highest BCUT2D eigenvalue weighted by atomic mass is 79.9. The van der Waals surface area contributed by atoms with Crippen molar-refractivity contribution in [2.45, 2.75) is 5.33 Å². The summed E-state index contributed by atoms with van der Waals surface area (Å²) in [4.78, 5) is 20.4. The molecule has 6 heteroatoms. The van der Waals surface area contributed by atoms with Gasteiger partial charge in [-0.15, -0.1) is 0 Å². The monoisotopic (exact) mass is 258 g/mol. The number of benzene rings is 1. The first-order valence-corrected chi connectivity index (χ1v) is 4.85. The average molecular weight is 259 g/mol. The van der Waals surface area contributed by atoms with E-state index in [-0.39, 0.29) is 5.69 Å². The summed E-state index contributed by atoms with van der Waals surface area (Å²) < 4.78 is 0. The molecular weight excluding hydrogens is 252 g/mol. The second-order valence-electron chi connectivity index (χ2n) is 2.46. The molecule has 0 saturated heterocycles. The molecule has 0 spiro atoms. The number of nitrogens with zero attached hydrogens (tertiary/aromatic N) is 1. The number of halogens is 1. The predicted octanol–water partition coefficient (Wildman–Crippen LogP) is 2.06. The van der Waals surface area contributed by atoms with Crippen molar-refractivity contribution in [2.75, 3.05) is 5.32 Å². The smallest absolute Gasteiger partial charge is 0.275 e. The van der Waals surface area contributed by atoms with E-state index >= 15 is 0 Å². The number of carbonyl (C=O) groups excluding carboxylic acids is 1. The van der Waals surface area contributed by atoms with E-state index in [4.69, 9.17) is 0 Å². The number of rotatable bonds is 4. The average Bonchev–Trinajstić information content (AvgIpc) is 2.18. The third-order valence-corrected chi connectivity index (χ3v) is 2.26. The fourth-order valence-corrected chi connectivity index (χ4v) is 1.67. The molecule has 5 nitrogen and oxygen atoms in total. The lowest BCUT2D eigenvalue weighted by Crippen LogP contribution is -2.01. The van der Waals surface area contributed by atoms with Crippen LogP contribution in [0.1, 0.15) is 5.56 Å². The third kappa shape index (κ3) is 2.08. The van der Waals surface area contributed by atoms with Crippen LogP contribution in [0.5, 0.6) is 0 Å². The lowest BCUT2D eigenvalue weighted by molar-refractivity contribution is -0.385. The van der Waals surface area contributed by atoms with Crippen LogP contribution < -0.4 is 5.32 Å². The minimum absolute atomic E-state index is 0.00581. The summed E-state index contributed by atoms with van der Waals surface area (Å²) in [5.41, 5.74) is 0.907. The summed E-state index contributed by atoms with van der Waals surface area (Å²) in [6.07, 6.45) is 0.491. The highest BCUT2D eigenvalue weighted by Gasteiger charge is 2.15. The number of carbonyl (C=O) groups is 1. The zero-order chi connectivity index (χ0) is 10.6. The van der Waals surface area contributed by atoms with Crippen molar-refractivity contribution in [1.82, 2.24) is 0 Å². The molecule has 0 aliphatic carbocycles. The quantitative estimate of drug-likeness (QED) is 0.389. The van der Waals surface area contributed by atoms with Gasteiger partial charge >= 0.3 is 0 Å². The Morgan fingerprint density at radius 1 is 1.57 bits per heavy atom. The highest BCUT2D eigenvalue weighted by molar-refractivity contribution is 9.08. The van der Waals surface area contributed by atoms with Crippen LogP contribution in [0.15, 0.2) is 18.2 Å². The third-order valence-electron chi connectivity index (χ3n) is 1.70. The van der Waals surface area contributed by atoms with Gasteiger partial charge in [0.25, 0.3) is 5.69 Å². The highest BCUT2D eigenvalue weighted by Crippen LogP contribution is 2.27. The van der Waals surface area contributed by atoms with Crippen molar-refractivity contribution < 1.29 is 9.72 Å². The molecule has 1 amide bonds. The van der Waals surface area contributed by atoms with Gasteiger partial charge < -0.3 is 5.32 Å². The summed E-state index contributed by atoms with van der Waals surface area (Å²) in [7, 11) is 0. The van der Waals surface area contributed by atoms with Crippen LogP contribution in [0.2, 0.25) is 0 Å². The Morgan fingerprint density at radius 2 is 2.29 bits per heavy atom. The van der Waals surface area contributed by atoms with Gasteiger partial charge in [0, 0.05) is 11.4 Å². The minimum atomic E-state index is -0.480. The Kier molecular flexibility index (Phi) is 3.58. The maximum absolute atomic E-state index is 10.6. The SMILES string of the molecule is O=CNc1cccc([N+](=O)[O-])c1CBr. The van der Waals surface area contributed by atoms with E-state index in [1.807, 2.05) is 0 Å². The minimum Gasteiger partial charge on any atom is -0.328 e. The maximum Gasteiger partial charge on any atom is 0.275 e. The Labute approximate surface area is 88.4 Å². The van der Waals surface area contributed by atoms with Crippen molar-refractivity contribution in [2.24, 2.45) is 0 Å². The molecule has 0 heterocycles. The second kappa shape index (κ2) is 4.71. The van der Waals surface area contributed by atoms with E-state index in [1.54, 1.807) is 6.07 Å². The van der Waals surface area contributed by atoms with Gasteiger partial charge in [-0.05, 0) is 6.07 Å². The topological polar surface area (TPSA) is 72.2 Å². The lowest BCUT2D eigenvalue weighted by Gasteiger charge is -2.05. The molecule has 0 saturated carbocycles. The van der Waals surface area contributed by atoms with Crippen molar-refractivity contribution in [3.05, 3.63) is 33.9 Å². The van der Waals surface area contributed by atoms with Crippen molar-refractivity contribution in [3.63, 3.8) is 0 Å². The van der Waals surface area contributed by atoms with Crippen LogP contribution in [0, 0.1) is 10.1 Å². The maximum atomic E-state index is 10.6. The summed E-state index contributed by atoms with van der Waals surface area (Å²) >= 11 is 3.14. The number of nitrogens with one attached hydrogen (secondary N) is 1. The molecule has 0 radical (unpaired) electrons. The van der Waals surface area contributed by atoms with Gasteiger partial charge in [0.05, 0.1) is 16.2 Å². The molecule has 1 N–H and O–H groups in total. The number of amides is 1. The van der Waals surface area contributed by atoms with Crippen LogP contribution in [-0.4, -0.2) is 11.3 Å². The molecule has 74 valence electrons. The largest absolute Gasteiger partial charge is 0.328 e. The van der Waals surface area contributed by atoms with Gasteiger partial charge in [-0.25, -0.2) is 0 Å². The summed E-state index contributed by atoms with van der Waals surface area (Å²) in [6, 6.07) is 4.53. The fourth-order valence-electron chi connectivity index (χ4n) is 1.08. The van der Waals surface area contributed by atoms with Gasteiger partial charge in [0.2, 0.25) is 6.41 Å². The summed E-state index contributed by atoms with van der Waals surface area (Å²) in [5, 5.41) is 13.3. The Bertz CT molecular complexity index is 368. The Morgan fingerprint density at radius 3 is 2.79 bits per heavy atom. The zero-order valence-electron chi connectivity index (χ0n) is 7.07. The van der Waals surface area contributed by atoms with Crippen LogP contribution in [-0.2, 0) is 10.1 Å². The van der Waals surface area contributed by atoms with E-state index in [0.29, 0.717) is 23.0 Å². The van der Waals surface area contributed by atoms with Gasteiger partial charge in [-0.1, -0.05) is 22.0 Å². The first-order valence-electron chi connectivity index (χ1n) is 3.73. The standard InChI is InChI=1S/C8H7BrN2O3/c9-4-6-7(10-5-12)2-1-3-8(6)11(13)14/h1-3,5H,4H2,(H,10,12). The van der Waals surface area contributed by atoms with Crippen LogP contribution in [0.25, 0.3) is 0 Å². The van der Waals surface area contributed by atoms with E-state index in [9.17, 15) is 14.9 Å². The molecule has 0 aliphatic rings. The zero-order valence-corrected chi connectivity index (χ0v) is 8.65. The van der Waals surface area contributed by atoms with E-state index in [1.165, 1.54) is 12.1 Å². The number of alkyl halides is 1. The number of hydrogen-bond donors (Lipinski definition) is 1. The van der Waals surface area contributed by atoms with Crippen molar-refractivity contribution in [1.29, 1.82) is 0 Å². The van der Waals surface area contributed by atoms with Crippen LogP contribution in [0.4, 0.5) is 11.4 Å². The number of anilines is 1. The predicted molar refractivity (Wildman–Crippen MR) is 55.4 cm³/mol. The van der Waals surface area contributed by atoms with Crippen LogP contribution >= 0.6 is 15.9 Å². The van der Waals surface area contributed by atoms with Gasteiger partial charge in [0.1, 0.15) is 0 Å². The van der Waals surface area contributed by atoms with Crippen molar-refractivity contribution in [3.8, 4) is 0 Å². The lowest BCUT2D eigenvalue weighted by atomic mass is 10.1.